The van der Waals surface area contributed by atoms with Gasteiger partial charge in [-0.15, -0.1) is 10.2 Å². The minimum atomic E-state index is -0.181. The molecule has 7 heteroatoms. The molecular weight excluding hydrogens is 430 g/mol. The van der Waals surface area contributed by atoms with Crippen molar-refractivity contribution < 1.29 is 4.79 Å². The summed E-state index contributed by atoms with van der Waals surface area (Å²) in [5, 5.41) is 10.5. The van der Waals surface area contributed by atoms with Gasteiger partial charge in [0.05, 0.1) is 10.8 Å². The van der Waals surface area contributed by atoms with Gasteiger partial charge in [-0.3, -0.25) is 4.79 Å². The Kier molecular flexibility index (Phi) is 6.06. The molecule has 33 heavy (non-hydrogen) atoms. The number of carbonyl (C=O) groups is 1. The van der Waals surface area contributed by atoms with Crippen LogP contribution in [0.15, 0.2) is 47.6 Å². The average molecular weight is 460 g/mol. The molecule has 1 amide bonds. The highest BCUT2D eigenvalue weighted by molar-refractivity contribution is 8.00. The van der Waals surface area contributed by atoms with Gasteiger partial charge in [-0.1, -0.05) is 60.1 Å². The number of likely N-dealkylation sites (tertiary alicyclic amines) is 1. The van der Waals surface area contributed by atoms with E-state index in [4.69, 9.17) is 4.98 Å². The number of hydrogen-bond donors (Lipinski definition) is 0. The van der Waals surface area contributed by atoms with Crippen LogP contribution >= 0.6 is 11.8 Å². The molecule has 1 saturated heterocycles. The molecule has 2 aromatic heterocycles. The van der Waals surface area contributed by atoms with Crippen LogP contribution in [0.25, 0.3) is 22.1 Å². The number of amides is 1. The van der Waals surface area contributed by atoms with Crippen molar-refractivity contribution in [3.63, 3.8) is 0 Å². The number of aryl methyl sites for hydroxylation is 2. The molecule has 1 aliphatic rings. The van der Waals surface area contributed by atoms with E-state index in [1.165, 1.54) is 28.5 Å². The van der Waals surface area contributed by atoms with Gasteiger partial charge < -0.3 is 9.47 Å². The Morgan fingerprint density at radius 2 is 1.76 bits per heavy atom. The van der Waals surface area contributed by atoms with E-state index >= 15 is 0 Å². The summed E-state index contributed by atoms with van der Waals surface area (Å²) in [5.74, 6) is 0.194. The van der Waals surface area contributed by atoms with E-state index in [2.05, 4.69) is 78.0 Å². The van der Waals surface area contributed by atoms with Gasteiger partial charge in [0.15, 0.2) is 5.65 Å². The lowest BCUT2D eigenvalue weighted by Gasteiger charge is -2.21. The maximum Gasteiger partial charge on any atom is 0.236 e. The largest absolute Gasteiger partial charge is 0.342 e. The number of thioether (sulfide) groups is 1. The van der Waals surface area contributed by atoms with Crippen molar-refractivity contribution in [2.45, 2.75) is 57.0 Å². The summed E-state index contributed by atoms with van der Waals surface area (Å²) in [4.78, 5) is 19.9. The molecule has 6 nitrogen and oxygen atoms in total. The summed E-state index contributed by atoms with van der Waals surface area (Å²) in [6, 6.07) is 15.0. The summed E-state index contributed by atoms with van der Waals surface area (Å²) in [6.45, 7) is 8.66. The SMILES string of the molecule is CCC(Sc1nnc2c3cc(C)ccc3n(Cc3ccc(C)cc3)c2n1)C(=O)N1CCCC1. The summed E-state index contributed by atoms with van der Waals surface area (Å²) in [5.41, 5.74) is 6.36. The second-order valence-corrected chi connectivity index (χ2v) is 10.1. The van der Waals surface area contributed by atoms with Crippen LogP contribution in [0.3, 0.4) is 0 Å². The molecule has 0 N–H and O–H groups in total. The lowest BCUT2D eigenvalue weighted by atomic mass is 10.1. The van der Waals surface area contributed by atoms with Gasteiger partial charge in [0.25, 0.3) is 0 Å². The van der Waals surface area contributed by atoms with Crippen LogP contribution in [-0.2, 0) is 11.3 Å². The molecule has 1 atom stereocenters. The molecular formula is C26H29N5OS. The van der Waals surface area contributed by atoms with E-state index in [0.717, 1.165) is 54.4 Å². The van der Waals surface area contributed by atoms with Gasteiger partial charge in [0.1, 0.15) is 5.52 Å². The third kappa shape index (κ3) is 4.34. The second-order valence-electron chi connectivity index (χ2n) is 8.91. The van der Waals surface area contributed by atoms with Crippen molar-refractivity contribution in [2.75, 3.05) is 13.1 Å². The van der Waals surface area contributed by atoms with Crippen molar-refractivity contribution in [1.29, 1.82) is 0 Å². The van der Waals surface area contributed by atoms with Crippen molar-refractivity contribution in [3.05, 3.63) is 59.2 Å². The first kappa shape index (κ1) is 21.9. The quantitative estimate of drug-likeness (QED) is 0.374. The summed E-state index contributed by atoms with van der Waals surface area (Å²) in [7, 11) is 0. The molecule has 0 spiro atoms. The molecule has 2 aromatic carbocycles. The van der Waals surface area contributed by atoms with Crippen LogP contribution in [0, 0.1) is 13.8 Å². The second kappa shape index (κ2) is 9.14. The number of nitrogens with zero attached hydrogens (tertiary/aromatic N) is 5. The molecule has 170 valence electrons. The van der Waals surface area contributed by atoms with E-state index < -0.39 is 0 Å². The van der Waals surface area contributed by atoms with Crippen LogP contribution < -0.4 is 0 Å². The molecule has 0 bridgehead atoms. The maximum atomic E-state index is 13.0. The molecule has 1 unspecified atom stereocenters. The highest BCUT2D eigenvalue weighted by Crippen LogP contribution is 2.31. The van der Waals surface area contributed by atoms with E-state index in [0.29, 0.717) is 11.7 Å². The van der Waals surface area contributed by atoms with Gasteiger partial charge in [-0.25, -0.2) is 4.98 Å². The molecule has 1 aliphatic heterocycles. The molecule has 0 saturated carbocycles. The zero-order valence-corrected chi connectivity index (χ0v) is 20.2. The van der Waals surface area contributed by atoms with Crippen LogP contribution in [-0.4, -0.2) is 48.9 Å². The van der Waals surface area contributed by atoms with Gasteiger partial charge in [0, 0.05) is 25.0 Å². The molecule has 0 aliphatic carbocycles. The van der Waals surface area contributed by atoms with Crippen LogP contribution in [0.1, 0.15) is 42.9 Å². The third-order valence-corrected chi connectivity index (χ3v) is 7.58. The molecule has 0 radical (unpaired) electrons. The Bertz CT molecular complexity index is 1310. The predicted molar refractivity (Wildman–Crippen MR) is 134 cm³/mol. The fourth-order valence-corrected chi connectivity index (χ4v) is 5.42. The number of rotatable bonds is 6. The fourth-order valence-electron chi connectivity index (χ4n) is 4.52. The van der Waals surface area contributed by atoms with Crippen molar-refractivity contribution in [1.82, 2.24) is 24.6 Å². The Labute approximate surface area is 198 Å². The minimum Gasteiger partial charge on any atom is -0.342 e. The molecule has 1 fully saturated rings. The molecule has 4 aromatic rings. The smallest absolute Gasteiger partial charge is 0.236 e. The standard InChI is InChI=1S/C26H29N5OS/c1-4-22(25(32)30-13-5-6-14-30)33-26-27-24-23(28-29-26)20-15-18(3)9-12-21(20)31(24)16-19-10-7-17(2)8-11-19/h7-12,15,22H,4-6,13-14,16H2,1-3H3. The Morgan fingerprint density at radius 1 is 1.03 bits per heavy atom. The number of fused-ring (bicyclic) bond motifs is 3. The highest BCUT2D eigenvalue weighted by atomic mass is 32.2. The molecule has 3 heterocycles. The van der Waals surface area contributed by atoms with Crippen LogP contribution in [0.4, 0.5) is 0 Å². The van der Waals surface area contributed by atoms with Crippen molar-refractivity contribution in [2.24, 2.45) is 0 Å². The Balaban J connectivity index is 1.54. The zero-order valence-electron chi connectivity index (χ0n) is 19.4. The van der Waals surface area contributed by atoms with E-state index in [-0.39, 0.29) is 11.2 Å². The fraction of sp³-hybridized carbons (Fsp3) is 0.385. The summed E-state index contributed by atoms with van der Waals surface area (Å²) >= 11 is 1.44. The van der Waals surface area contributed by atoms with Crippen LogP contribution in [0.5, 0.6) is 0 Å². The predicted octanol–water partition coefficient (Wildman–Crippen LogP) is 5.14. The zero-order chi connectivity index (χ0) is 22.9. The first-order valence-corrected chi connectivity index (χ1v) is 12.6. The summed E-state index contributed by atoms with van der Waals surface area (Å²) in [6.07, 6.45) is 2.93. The van der Waals surface area contributed by atoms with E-state index in [1.807, 2.05) is 4.90 Å². The topological polar surface area (TPSA) is 63.9 Å². The van der Waals surface area contributed by atoms with Gasteiger partial charge in [0.2, 0.25) is 11.1 Å². The number of benzene rings is 2. The summed E-state index contributed by atoms with van der Waals surface area (Å²) < 4.78 is 2.22. The lowest BCUT2D eigenvalue weighted by Crippen LogP contribution is -2.35. The lowest BCUT2D eigenvalue weighted by molar-refractivity contribution is -0.129. The van der Waals surface area contributed by atoms with Gasteiger partial charge in [-0.2, -0.15) is 0 Å². The normalized spacial score (nSPS) is 14.9. The van der Waals surface area contributed by atoms with Gasteiger partial charge >= 0.3 is 0 Å². The number of carbonyl (C=O) groups excluding carboxylic acids is 1. The Morgan fingerprint density at radius 3 is 2.48 bits per heavy atom. The number of aromatic nitrogens is 4. The van der Waals surface area contributed by atoms with E-state index in [1.54, 1.807) is 0 Å². The monoisotopic (exact) mass is 459 g/mol. The van der Waals surface area contributed by atoms with E-state index in [9.17, 15) is 4.79 Å². The molecule has 5 rings (SSSR count). The van der Waals surface area contributed by atoms with Gasteiger partial charge in [-0.05, 0) is 50.8 Å². The average Bonchev–Trinajstić information content (AvgIpc) is 3.46. The first-order chi connectivity index (χ1) is 16.0. The van der Waals surface area contributed by atoms with Crippen LogP contribution in [0.2, 0.25) is 0 Å². The highest BCUT2D eigenvalue weighted by Gasteiger charge is 2.27. The third-order valence-electron chi connectivity index (χ3n) is 6.38. The maximum absolute atomic E-state index is 13.0. The van der Waals surface area contributed by atoms with Crippen molar-refractivity contribution in [3.8, 4) is 0 Å². The first-order valence-electron chi connectivity index (χ1n) is 11.7. The van der Waals surface area contributed by atoms with Crippen molar-refractivity contribution >= 4 is 39.7 Å². The number of hydrogen-bond acceptors (Lipinski definition) is 5. The minimum absolute atomic E-state index is 0.181. The Hall–Kier alpha value is -2.93.